The van der Waals surface area contributed by atoms with Gasteiger partial charge in [-0.3, -0.25) is 4.79 Å². The standard InChI is InChI=1S/C18H27N3O5S/c1-18(2,3)26-17(23)20-10-5-6-16(22)21-11-9-13-12-14(7-8-15(13)21)27(24,25)19-4/h7-8,12,19H,5-6,9-11H2,1-4H3,(H,20,23). The molecule has 0 fully saturated rings. The van der Waals surface area contributed by atoms with Gasteiger partial charge in [0.15, 0.2) is 0 Å². The first kappa shape index (κ1) is 21.2. The van der Waals surface area contributed by atoms with Crippen molar-refractivity contribution in [2.45, 2.75) is 50.5 Å². The number of nitrogens with one attached hydrogen (secondary N) is 2. The van der Waals surface area contributed by atoms with E-state index >= 15 is 0 Å². The van der Waals surface area contributed by atoms with Gasteiger partial charge in [-0.05, 0) is 64.4 Å². The Morgan fingerprint density at radius 1 is 1.26 bits per heavy atom. The number of rotatable bonds is 6. The second-order valence-corrected chi connectivity index (χ2v) is 9.21. The molecule has 2 rings (SSSR count). The number of carbonyl (C=O) groups is 2. The van der Waals surface area contributed by atoms with Crippen molar-refractivity contribution in [3.8, 4) is 0 Å². The first-order chi connectivity index (χ1) is 12.5. The maximum Gasteiger partial charge on any atom is 0.407 e. The van der Waals surface area contributed by atoms with Crippen LogP contribution in [0, 0.1) is 0 Å². The third kappa shape index (κ3) is 5.67. The first-order valence-corrected chi connectivity index (χ1v) is 10.4. The molecule has 9 heteroatoms. The lowest BCUT2D eigenvalue weighted by atomic mass is 10.2. The number of fused-ring (bicyclic) bond motifs is 1. The molecular weight excluding hydrogens is 370 g/mol. The van der Waals surface area contributed by atoms with E-state index in [4.69, 9.17) is 4.74 Å². The maximum absolute atomic E-state index is 12.5. The zero-order valence-electron chi connectivity index (χ0n) is 16.2. The predicted molar refractivity (Wildman–Crippen MR) is 102 cm³/mol. The zero-order chi connectivity index (χ0) is 20.2. The minimum atomic E-state index is -3.50. The molecule has 2 amide bonds. The van der Waals surface area contributed by atoms with Crippen molar-refractivity contribution in [1.29, 1.82) is 0 Å². The Labute approximate surface area is 160 Å². The van der Waals surface area contributed by atoms with Crippen molar-refractivity contribution in [2.75, 3.05) is 25.0 Å². The monoisotopic (exact) mass is 397 g/mol. The highest BCUT2D eigenvalue weighted by atomic mass is 32.2. The van der Waals surface area contributed by atoms with Crippen molar-refractivity contribution in [1.82, 2.24) is 10.0 Å². The Morgan fingerprint density at radius 3 is 2.59 bits per heavy atom. The molecule has 8 nitrogen and oxygen atoms in total. The summed E-state index contributed by atoms with van der Waals surface area (Å²) in [5.74, 6) is -0.0519. The van der Waals surface area contributed by atoms with E-state index in [-0.39, 0.29) is 17.2 Å². The van der Waals surface area contributed by atoms with E-state index in [1.54, 1.807) is 37.8 Å². The van der Waals surface area contributed by atoms with Gasteiger partial charge in [0, 0.05) is 25.2 Å². The number of carbonyl (C=O) groups excluding carboxylic acids is 2. The first-order valence-electron chi connectivity index (χ1n) is 8.87. The van der Waals surface area contributed by atoms with Gasteiger partial charge in [0.05, 0.1) is 4.90 Å². The molecule has 1 heterocycles. The summed E-state index contributed by atoms with van der Waals surface area (Å²) >= 11 is 0. The van der Waals surface area contributed by atoms with E-state index in [0.29, 0.717) is 25.9 Å². The SMILES string of the molecule is CNS(=O)(=O)c1ccc2c(c1)CCN2C(=O)CCCNC(=O)OC(C)(C)C. The Bertz CT molecular complexity index is 815. The van der Waals surface area contributed by atoms with Crippen LogP contribution in [-0.4, -0.2) is 46.2 Å². The largest absolute Gasteiger partial charge is 0.444 e. The van der Waals surface area contributed by atoms with Gasteiger partial charge in [-0.15, -0.1) is 0 Å². The topological polar surface area (TPSA) is 105 Å². The average Bonchev–Trinajstić information content (AvgIpc) is 3.00. The summed E-state index contributed by atoms with van der Waals surface area (Å²) < 4.78 is 31.2. The molecule has 2 N–H and O–H groups in total. The number of benzene rings is 1. The molecule has 1 aromatic carbocycles. The Balaban J connectivity index is 1.89. The number of alkyl carbamates (subject to hydrolysis) is 1. The van der Waals surface area contributed by atoms with Crippen LogP contribution < -0.4 is 14.9 Å². The fraction of sp³-hybridized carbons (Fsp3) is 0.556. The normalized spacial score (nSPS) is 14.0. The van der Waals surface area contributed by atoms with Crippen molar-refractivity contribution < 1.29 is 22.7 Å². The summed E-state index contributed by atoms with van der Waals surface area (Å²) in [7, 11) is -2.14. The van der Waals surface area contributed by atoms with Crippen LogP contribution in [0.5, 0.6) is 0 Å². The van der Waals surface area contributed by atoms with Gasteiger partial charge in [-0.2, -0.15) is 0 Å². The van der Waals surface area contributed by atoms with Gasteiger partial charge in [0.1, 0.15) is 5.60 Å². The number of hydrogen-bond acceptors (Lipinski definition) is 5. The summed E-state index contributed by atoms with van der Waals surface area (Å²) in [4.78, 5) is 25.9. The van der Waals surface area contributed by atoms with Crippen molar-refractivity contribution in [2.24, 2.45) is 0 Å². The summed E-state index contributed by atoms with van der Waals surface area (Å²) in [6.07, 6.45) is 0.895. The van der Waals surface area contributed by atoms with Crippen LogP contribution in [-0.2, 0) is 26.0 Å². The smallest absolute Gasteiger partial charge is 0.407 e. The van der Waals surface area contributed by atoms with Gasteiger partial charge < -0.3 is 15.0 Å². The second-order valence-electron chi connectivity index (χ2n) is 7.33. The van der Waals surface area contributed by atoms with Crippen LogP contribution in [0.3, 0.4) is 0 Å². The highest BCUT2D eigenvalue weighted by Gasteiger charge is 2.26. The van der Waals surface area contributed by atoms with E-state index in [9.17, 15) is 18.0 Å². The molecule has 0 aromatic heterocycles. The molecule has 0 radical (unpaired) electrons. The molecular formula is C18H27N3O5S. The molecule has 0 atom stereocenters. The quantitative estimate of drug-likeness (QED) is 0.712. The lowest BCUT2D eigenvalue weighted by Gasteiger charge is -2.20. The summed E-state index contributed by atoms with van der Waals surface area (Å²) in [5, 5.41) is 2.63. The molecule has 0 bridgehead atoms. The van der Waals surface area contributed by atoms with Crippen molar-refractivity contribution >= 4 is 27.7 Å². The van der Waals surface area contributed by atoms with Crippen LogP contribution >= 0.6 is 0 Å². The Kier molecular flexibility index (Phi) is 6.48. The molecule has 0 saturated carbocycles. The number of nitrogens with zero attached hydrogens (tertiary/aromatic N) is 1. The van der Waals surface area contributed by atoms with Crippen LogP contribution in [0.1, 0.15) is 39.2 Å². The van der Waals surface area contributed by atoms with Crippen molar-refractivity contribution in [3.63, 3.8) is 0 Å². The van der Waals surface area contributed by atoms with Gasteiger partial charge in [-0.1, -0.05) is 0 Å². The van der Waals surface area contributed by atoms with Gasteiger partial charge in [0.25, 0.3) is 0 Å². The van der Waals surface area contributed by atoms with E-state index in [1.807, 2.05) is 0 Å². The molecule has 1 aromatic rings. The number of hydrogen-bond donors (Lipinski definition) is 2. The predicted octanol–water partition coefficient (Wildman–Crippen LogP) is 1.79. The van der Waals surface area contributed by atoms with Crippen LogP contribution in [0.15, 0.2) is 23.1 Å². The molecule has 0 aliphatic carbocycles. The van der Waals surface area contributed by atoms with Crippen LogP contribution in [0.25, 0.3) is 0 Å². The Hall–Kier alpha value is -2.13. The number of sulfonamides is 1. The summed E-state index contributed by atoms with van der Waals surface area (Å²) in [5.41, 5.74) is 1.03. The zero-order valence-corrected chi connectivity index (χ0v) is 17.0. The molecule has 1 aliphatic rings. The molecule has 0 unspecified atom stereocenters. The average molecular weight is 397 g/mol. The fourth-order valence-corrected chi connectivity index (χ4v) is 3.58. The number of anilines is 1. The lowest BCUT2D eigenvalue weighted by Crippen LogP contribution is -2.34. The fourth-order valence-electron chi connectivity index (χ4n) is 2.80. The Morgan fingerprint density at radius 2 is 1.96 bits per heavy atom. The van der Waals surface area contributed by atoms with Gasteiger partial charge in [0.2, 0.25) is 15.9 Å². The van der Waals surface area contributed by atoms with Gasteiger partial charge in [-0.25, -0.2) is 17.9 Å². The summed E-state index contributed by atoms with van der Waals surface area (Å²) in [6, 6.07) is 4.78. The minimum Gasteiger partial charge on any atom is -0.444 e. The molecule has 150 valence electrons. The third-order valence-electron chi connectivity index (χ3n) is 4.06. The second kappa shape index (κ2) is 8.26. The third-order valence-corrected chi connectivity index (χ3v) is 5.47. The summed E-state index contributed by atoms with van der Waals surface area (Å²) in [6.45, 7) is 6.23. The van der Waals surface area contributed by atoms with Crippen LogP contribution in [0.4, 0.5) is 10.5 Å². The van der Waals surface area contributed by atoms with Gasteiger partial charge >= 0.3 is 6.09 Å². The highest BCUT2D eigenvalue weighted by molar-refractivity contribution is 7.89. The van der Waals surface area contributed by atoms with E-state index in [1.165, 1.54) is 13.1 Å². The molecule has 27 heavy (non-hydrogen) atoms. The molecule has 0 spiro atoms. The van der Waals surface area contributed by atoms with E-state index in [0.717, 1.165) is 11.3 Å². The lowest BCUT2D eigenvalue weighted by molar-refractivity contribution is -0.118. The van der Waals surface area contributed by atoms with Crippen molar-refractivity contribution in [3.05, 3.63) is 23.8 Å². The van der Waals surface area contributed by atoms with Crippen LogP contribution in [0.2, 0.25) is 0 Å². The number of ether oxygens (including phenoxy) is 1. The molecule has 0 saturated heterocycles. The maximum atomic E-state index is 12.5. The van der Waals surface area contributed by atoms with E-state index < -0.39 is 21.7 Å². The minimum absolute atomic E-state index is 0.0519. The highest BCUT2D eigenvalue weighted by Crippen LogP contribution is 2.30. The number of amides is 2. The van der Waals surface area contributed by atoms with E-state index in [2.05, 4.69) is 10.0 Å². The molecule has 1 aliphatic heterocycles.